The van der Waals surface area contributed by atoms with Crippen LogP contribution in [0.5, 0.6) is 0 Å². The van der Waals surface area contributed by atoms with Crippen LogP contribution in [0.25, 0.3) is 0 Å². The zero-order valence-corrected chi connectivity index (χ0v) is 9.82. The second kappa shape index (κ2) is 3.81. The molecular weight excluding hydrogens is 198 g/mol. The lowest BCUT2D eigenvalue weighted by atomic mass is 10.1. The van der Waals surface area contributed by atoms with Gasteiger partial charge in [-0.2, -0.15) is 0 Å². The maximum Gasteiger partial charge on any atom is 0.131 e. The van der Waals surface area contributed by atoms with Crippen molar-refractivity contribution in [2.45, 2.75) is 51.0 Å². The number of fused-ring (bicyclic) bond motifs is 1. The Balaban J connectivity index is 1.94. The van der Waals surface area contributed by atoms with Gasteiger partial charge in [-0.05, 0) is 31.6 Å². The van der Waals surface area contributed by atoms with Crippen LogP contribution in [0.4, 0.5) is 0 Å². The quantitative estimate of drug-likeness (QED) is 0.734. The molecule has 3 rings (SSSR count). The van der Waals surface area contributed by atoms with E-state index in [1.165, 1.54) is 30.5 Å². The zero-order chi connectivity index (χ0) is 11.1. The van der Waals surface area contributed by atoms with Gasteiger partial charge in [0.1, 0.15) is 5.82 Å². The highest BCUT2D eigenvalue weighted by Crippen LogP contribution is 2.45. The topological polar surface area (TPSA) is 51.8 Å². The first kappa shape index (κ1) is 10.2. The molecule has 0 radical (unpaired) electrons. The van der Waals surface area contributed by atoms with Gasteiger partial charge in [0.25, 0.3) is 0 Å². The number of nitrogens with two attached hydrogens (primary N) is 1. The average Bonchev–Trinajstić information content (AvgIpc) is 3.03. The summed E-state index contributed by atoms with van der Waals surface area (Å²) in [4.78, 5) is 9.25. The van der Waals surface area contributed by atoms with Crippen LogP contribution in [0, 0.1) is 5.92 Å². The molecule has 0 aromatic carbocycles. The summed E-state index contributed by atoms with van der Waals surface area (Å²) in [5.41, 5.74) is 8.54. The molecule has 3 heteroatoms. The molecule has 2 aliphatic carbocycles. The van der Waals surface area contributed by atoms with Gasteiger partial charge in [-0.15, -0.1) is 0 Å². The first-order valence-electron chi connectivity index (χ1n) is 6.37. The molecule has 1 saturated carbocycles. The molecule has 2 N–H and O–H groups in total. The molecular formula is C13H19N3. The standard InChI is InChI=1S/C13H19N3/c1-8-6-9(8)13-15-7-10-11(14)4-2-3-5-12(10)16-13/h7-9,11H,2-6,14H2,1H3. The van der Waals surface area contributed by atoms with Crippen molar-refractivity contribution >= 4 is 0 Å². The van der Waals surface area contributed by atoms with Crippen LogP contribution >= 0.6 is 0 Å². The van der Waals surface area contributed by atoms with Gasteiger partial charge in [0.2, 0.25) is 0 Å². The van der Waals surface area contributed by atoms with E-state index < -0.39 is 0 Å². The summed E-state index contributed by atoms with van der Waals surface area (Å²) in [5, 5.41) is 0. The molecule has 1 heterocycles. The van der Waals surface area contributed by atoms with Crippen molar-refractivity contribution in [3.63, 3.8) is 0 Å². The Bertz CT molecular complexity index is 402. The molecule has 86 valence electrons. The lowest BCUT2D eigenvalue weighted by molar-refractivity contribution is 0.614. The molecule has 1 fully saturated rings. The third-order valence-corrected chi connectivity index (χ3v) is 3.94. The summed E-state index contributed by atoms with van der Waals surface area (Å²) >= 11 is 0. The normalized spacial score (nSPS) is 33.0. The summed E-state index contributed by atoms with van der Waals surface area (Å²) in [6, 6.07) is 0.156. The van der Waals surface area contributed by atoms with Crippen LogP contribution in [0.2, 0.25) is 0 Å². The Labute approximate surface area is 96.5 Å². The number of rotatable bonds is 1. The van der Waals surface area contributed by atoms with E-state index in [4.69, 9.17) is 10.7 Å². The first-order valence-corrected chi connectivity index (χ1v) is 6.37. The Kier molecular flexibility index (Phi) is 2.43. The van der Waals surface area contributed by atoms with Crippen LogP contribution in [0.3, 0.4) is 0 Å². The lowest BCUT2D eigenvalue weighted by Gasteiger charge is -2.11. The predicted octanol–water partition coefficient (Wildman–Crippen LogP) is 2.33. The van der Waals surface area contributed by atoms with Gasteiger partial charge in [-0.25, -0.2) is 9.97 Å². The van der Waals surface area contributed by atoms with Gasteiger partial charge in [0, 0.05) is 29.4 Å². The summed E-state index contributed by atoms with van der Waals surface area (Å²) in [5.74, 6) is 2.45. The van der Waals surface area contributed by atoms with Gasteiger partial charge < -0.3 is 5.73 Å². The summed E-state index contributed by atoms with van der Waals surface area (Å²) in [7, 11) is 0. The van der Waals surface area contributed by atoms with Gasteiger partial charge in [-0.1, -0.05) is 13.3 Å². The summed E-state index contributed by atoms with van der Waals surface area (Å²) in [6.45, 7) is 2.27. The van der Waals surface area contributed by atoms with Crippen molar-refractivity contribution in [1.29, 1.82) is 0 Å². The number of nitrogens with zero attached hydrogens (tertiary/aromatic N) is 2. The minimum absolute atomic E-state index is 0.156. The number of hydrogen-bond donors (Lipinski definition) is 1. The Hall–Kier alpha value is -0.960. The Morgan fingerprint density at radius 1 is 1.38 bits per heavy atom. The highest BCUT2D eigenvalue weighted by Gasteiger charge is 2.37. The molecule has 3 unspecified atom stereocenters. The second-order valence-corrected chi connectivity index (χ2v) is 5.30. The number of aryl methyl sites for hydroxylation is 1. The van der Waals surface area contributed by atoms with E-state index in [0.29, 0.717) is 5.92 Å². The predicted molar refractivity (Wildman–Crippen MR) is 63.0 cm³/mol. The van der Waals surface area contributed by atoms with Gasteiger partial charge in [0.15, 0.2) is 0 Å². The van der Waals surface area contributed by atoms with E-state index in [9.17, 15) is 0 Å². The van der Waals surface area contributed by atoms with Crippen molar-refractivity contribution in [2.75, 3.05) is 0 Å². The SMILES string of the molecule is CC1CC1c1ncc2c(n1)CCCCC2N. The fourth-order valence-corrected chi connectivity index (χ4v) is 2.62. The highest BCUT2D eigenvalue weighted by molar-refractivity contribution is 5.25. The van der Waals surface area contributed by atoms with E-state index in [1.54, 1.807) is 0 Å². The monoisotopic (exact) mass is 217 g/mol. The molecule has 3 atom stereocenters. The van der Waals surface area contributed by atoms with Crippen molar-refractivity contribution in [1.82, 2.24) is 9.97 Å². The van der Waals surface area contributed by atoms with Crippen LogP contribution < -0.4 is 5.73 Å². The average molecular weight is 217 g/mol. The Morgan fingerprint density at radius 3 is 2.94 bits per heavy atom. The number of aromatic nitrogens is 2. The van der Waals surface area contributed by atoms with Gasteiger partial charge in [-0.3, -0.25) is 0 Å². The van der Waals surface area contributed by atoms with E-state index in [2.05, 4.69) is 11.9 Å². The maximum atomic E-state index is 6.14. The smallest absolute Gasteiger partial charge is 0.131 e. The molecule has 0 bridgehead atoms. The molecule has 0 amide bonds. The lowest BCUT2D eigenvalue weighted by Crippen LogP contribution is -2.13. The largest absolute Gasteiger partial charge is 0.324 e. The van der Waals surface area contributed by atoms with Crippen molar-refractivity contribution < 1.29 is 0 Å². The fourth-order valence-electron chi connectivity index (χ4n) is 2.62. The zero-order valence-electron chi connectivity index (χ0n) is 9.82. The van der Waals surface area contributed by atoms with Gasteiger partial charge in [0.05, 0.1) is 0 Å². The van der Waals surface area contributed by atoms with E-state index >= 15 is 0 Å². The molecule has 0 aliphatic heterocycles. The highest BCUT2D eigenvalue weighted by atomic mass is 14.9. The maximum absolute atomic E-state index is 6.14. The first-order chi connectivity index (χ1) is 7.75. The molecule has 2 aliphatic rings. The van der Waals surface area contributed by atoms with Crippen LogP contribution in [0.1, 0.15) is 61.6 Å². The molecule has 16 heavy (non-hydrogen) atoms. The minimum atomic E-state index is 0.156. The Morgan fingerprint density at radius 2 is 2.19 bits per heavy atom. The van der Waals surface area contributed by atoms with Crippen LogP contribution in [0.15, 0.2) is 6.20 Å². The van der Waals surface area contributed by atoms with Crippen molar-refractivity contribution in [3.8, 4) is 0 Å². The van der Waals surface area contributed by atoms with E-state index in [-0.39, 0.29) is 6.04 Å². The molecule has 1 aromatic rings. The number of hydrogen-bond acceptors (Lipinski definition) is 3. The van der Waals surface area contributed by atoms with Crippen LogP contribution in [-0.4, -0.2) is 9.97 Å². The minimum Gasteiger partial charge on any atom is -0.324 e. The third-order valence-electron chi connectivity index (χ3n) is 3.94. The molecule has 0 spiro atoms. The molecule has 3 nitrogen and oxygen atoms in total. The van der Waals surface area contributed by atoms with Gasteiger partial charge >= 0.3 is 0 Å². The fraction of sp³-hybridized carbons (Fsp3) is 0.692. The third kappa shape index (κ3) is 1.73. The van der Waals surface area contributed by atoms with Crippen molar-refractivity contribution in [2.24, 2.45) is 11.7 Å². The van der Waals surface area contributed by atoms with E-state index in [1.807, 2.05) is 6.20 Å². The second-order valence-electron chi connectivity index (χ2n) is 5.30. The van der Waals surface area contributed by atoms with E-state index in [0.717, 1.165) is 24.6 Å². The summed E-state index contributed by atoms with van der Waals surface area (Å²) < 4.78 is 0. The molecule has 0 saturated heterocycles. The summed E-state index contributed by atoms with van der Waals surface area (Å²) in [6.07, 6.45) is 7.84. The van der Waals surface area contributed by atoms with Crippen LogP contribution in [-0.2, 0) is 6.42 Å². The molecule has 1 aromatic heterocycles. The van der Waals surface area contributed by atoms with Crippen molar-refractivity contribution in [3.05, 3.63) is 23.3 Å².